The number of amides is 10. The number of hydrogen-bond acceptors (Lipinski definition) is 16. The summed E-state index contributed by atoms with van der Waals surface area (Å²) < 4.78 is 3.65. The standard InChI is InChI=1S/C79H112N16O12S3/c1-9-95(10-2,11-3)44-28-43-94-63-36-23-21-32-54(63)79(6,7)65(94)38-18-13-17-37-64-78(4,5)53-31-20-22-35-62(53)93(64)42-26-14-19-39-66(96)83-40-25-24-33-56-72(103)91-60-49-109-110-50-61(76(107)89-57(45-52-29-15-12-16-30-52)73(104)90-59(70(101)82-8)48-108-51-68(98)86-56)92-74(105)58(46-69(99)100)87-67(97)47-85-71(102)55(88-75(60)106)34-27-41-84-77(80)81/h12-13,15-18,20-23,29-32,35-38,55-61H,9-11,14,19,24-28,33-34,39-51H2,1-8H3,(H13-2,80,81,82,83,84,85,86,87,88,89,90,91,92,96,97,98,99,100,101,102,103,104,105,106,107)/p+2/t55-,56-,57-,58-,59-,60-,61-/m0/s1. The number of carboxylic acids is 1. The Balaban J connectivity index is 1.03. The van der Waals surface area contributed by atoms with E-state index in [-0.39, 0.29) is 90.9 Å². The van der Waals surface area contributed by atoms with Crippen LogP contribution in [-0.4, -0.2) is 222 Å². The summed E-state index contributed by atoms with van der Waals surface area (Å²) in [6.07, 6.45) is 14.3. The molecular weight excluding hydrogens is 1460 g/mol. The first-order valence-electron chi connectivity index (χ1n) is 38.2. The van der Waals surface area contributed by atoms with E-state index in [1.54, 1.807) is 30.3 Å². The van der Waals surface area contributed by atoms with Gasteiger partial charge in [-0.05, 0) is 103 Å². The maximum Gasteiger partial charge on any atom is 0.305 e. The van der Waals surface area contributed by atoms with Gasteiger partial charge in [-0.3, -0.25) is 57.7 Å². The molecule has 4 heterocycles. The van der Waals surface area contributed by atoms with Gasteiger partial charge in [-0.1, -0.05) is 127 Å². The first kappa shape index (κ1) is 88.0. The van der Waals surface area contributed by atoms with Gasteiger partial charge in [0.05, 0.1) is 56.7 Å². The summed E-state index contributed by atoms with van der Waals surface area (Å²) >= 11 is 0.964. The molecule has 0 radical (unpaired) electrons. The third kappa shape index (κ3) is 25.7. The van der Waals surface area contributed by atoms with Crippen LogP contribution in [-0.2, 0) is 70.0 Å². The Hall–Kier alpha value is -9.20. The highest BCUT2D eigenvalue weighted by Crippen LogP contribution is 2.48. The van der Waals surface area contributed by atoms with Crippen LogP contribution in [0.4, 0.5) is 11.4 Å². The number of carboxylic acid groups (broad SMARTS) is 1. The van der Waals surface area contributed by atoms with Gasteiger partial charge in [0.25, 0.3) is 0 Å². The maximum absolute atomic E-state index is 14.7. The number of nitrogens with two attached hydrogens (primary N) is 2. The van der Waals surface area contributed by atoms with Crippen LogP contribution in [0.5, 0.6) is 0 Å². The van der Waals surface area contributed by atoms with E-state index in [1.165, 1.54) is 41.0 Å². The first-order valence-corrected chi connectivity index (χ1v) is 41.8. The number of guanidine groups is 1. The summed E-state index contributed by atoms with van der Waals surface area (Å²) in [7, 11) is 3.27. The van der Waals surface area contributed by atoms with Crippen LogP contribution in [0, 0.1) is 0 Å². The number of rotatable bonds is 30. The summed E-state index contributed by atoms with van der Waals surface area (Å²) in [4.78, 5) is 159. The van der Waals surface area contributed by atoms with Crippen molar-refractivity contribution in [1.29, 1.82) is 0 Å². The summed E-state index contributed by atoms with van der Waals surface area (Å²) in [5.41, 5.74) is 18.8. The van der Waals surface area contributed by atoms with Crippen molar-refractivity contribution in [2.75, 3.05) is 93.9 Å². The number of quaternary nitrogens is 1. The number of unbranched alkanes of at least 4 members (excludes halogenated alkanes) is 3. The number of hydrogen-bond donors (Lipinski definition) is 13. The van der Waals surface area contributed by atoms with Crippen molar-refractivity contribution in [3.8, 4) is 0 Å². The average molecular weight is 1580 g/mol. The summed E-state index contributed by atoms with van der Waals surface area (Å²) in [5, 5.41) is 36.1. The topological polar surface area (TPSA) is 399 Å². The van der Waals surface area contributed by atoms with Gasteiger partial charge < -0.3 is 79.1 Å². The number of allylic oxidation sites excluding steroid dienone is 6. The van der Waals surface area contributed by atoms with E-state index in [0.29, 0.717) is 24.8 Å². The first-order chi connectivity index (χ1) is 52.6. The van der Waals surface area contributed by atoms with E-state index in [4.69, 9.17) is 11.5 Å². The number of nitrogens with one attached hydrogen (secondary N) is 10. The molecule has 4 aliphatic rings. The normalized spacial score (nSPS) is 22.2. The largest absolute Gasteiger partial charge is 0.481 e. The van der Waals surface area contributed by atoms with Crippen molar-refractivity contribution in [2.45, 2.75) is 179 Å². The number of anilines is 1. The van der Waals surface area contributed by atoms with Crippen LogP contribution in [0.3, 0.4) is 0 Å². The summed E-state index contributed by atoms with van der Waals surface area (Å²) in [6, 6.07) is 15.8. The molecule has 2 bridgehead atoms. The predicted molar refractivity (Wildman–Crippen MR) is 434 cm³/mol. The number of nitrogens with zero attached hydrogens (tertiary/aromatic N) is 4. The highest BCUT2D eigenvalue weighted by Gasteiger charge is 2.45. The molecule has 110 heavy (non-hydrogen) atoms. The van der Waals surface area contributed by atoms with E-state index < -0.39 is 114 Å². The number of para-hydroxylation sites is 2. The highest BCUT2D eigenvalue weighted by molar-refractivity contribution is 8.76. The number of aliphatic imine (C=N–C) groups is 1. The molecule has 598 valence electrons. The molecule has 28 nitrogen and oxygen atoms in total. The van der Waals surface area contributed by atoms with Gasteiger partial charge in [0, 0.05) is 91.3 Å². The smallest absolute Gasteiger partial charge is 0.305 e. The zero-order chi connectivity index (χ0) is 80.0. The maximum atomic E-state index is 14.7. The van der Waals surface area contributed by atoms with Gasteiger partial charge >= 0.3 is 5.97 Å². The Kier molecular flexibility index (Phi) is 34.7. The second-order valence-electron chi connectivity index (χ2n) is 29.0. The van der Waals surface area contributed by atoms with Gasteiger partial charge in [0.15, 0.2) is 18.2 Å². The fraction of sp³-hybridized carbons (Fsp3) is 0.532. The quantitative estimate of drug-likeness (QED) is 0.00848. The van der Waals surface area contributed by atoms with Gasteiger partial charge in [-0.15, -0.1) is 11.8 Å². The molecule has 2 saturated heterocycles. The minimum absolute atomic E-state index is 0.0221. The molecule has 3 aromatic carbocycles. The number of aliphatic carboxylic acids is 1. The fourth-order valence-corrected chi connectivity index (χ4v) is 17.4. The van der Waals surface area contributed by atoms with E-state index in [0.717, 1.165) is 96.4 Å². The number of carbonyl (C=O) groups is 11. The summed E-state index contributed by atoms with van der Waals surface area (Å²) in [5.74, 6) is -10.6. The Morgan fingerprint density at radius 1 is 0.645 bits per heavy atom. The third-order valence-electron chi connectivity index (χ3n) is 20.7. The minimum Gasteiger partial charge on any atom is -0.481 e. The molecule has 0 saturated carbocycles. The molecule has 3 aromatic rings. The van der Waals surface area contributed by atoms with Crippen molar-refractivity contribution < 1.29 is 66.9 Å². The lowest BCUT2D eigenvalue weighted by molar-refractivity contribution is -0.924. The molecule has 7 atom stereocenters. The molecular formula is C79H114N16O12S3+2. The molecule has 7 rings (SSSR count). The van der Waals surface area contributed by atoms with Crippen molar-refractivity contribution in [3.05, 3.63) is 132 Å². The van der Waals surface area contributed by atoms with Crippen molar-refractivity contribution in [1.82, 2.24) is 53.2 Å². The molecule has 10 amide bonds. The van der Waals surface area contributed by atoms with Crippen LogP contribution in [0.2, 0.25) is 0 Å². The number of likely N-dealkylation sites (N-methyl/N-ethyl adjacent to an activating group) is 1. The van der Waals surface area contributed by atoms with E-state index in [9.17, 15) is 57.8 Å². The lowest BCUT2D eigenvalue weighted by Gasteiger charge is -2.35. The van der Waals surface area contributed by atoms with Gasteiger partial charge in [-0.25, -0.2) is 0 Å². The van der Waals surface area contributed by atoms with E-state index >= 15 is 0 Å². The second-order valence-corrected chi connectivity index (χ2v) is 32.6. The zero-order valence-electron chi connectivity index (χ0n) is 64.7. The van der Waals surface area contributed by atoms with E-state index in [2.05, 4.69) is 195 Å². The fourth-order valence-electron chi connectivity index (χ4n) is 14.2. The monoisotopic (exact) mass is 1570 g/mol. The van der Waals surface area contributed by atoms with Crippen molar-refractivity contribution in [3.63, 3.8) is 0 Å². The molecule has 31 heteroatoms. The Morgan fingerprint density at radius 2 is 1.26 bits per heavy atom. The number of thioether (sulfide) groups is 1. The van der Waals surface area contributed by atoms with Crippen LogP contribution in [0.25, 0.3) is 0 Å². The van der Waals surface area contributed by atoms with Gasteiger partial charge in [0.1, 0.15) is 42.3 Å². The number of benzene rings is 3. The summed E-state index contributed by atoms with van der Waals surface area (Å²) in [6.45, 7) is 21.8. The Morgan fingerprint density at radius 3 is 1.94 bits per heavy atom. The molecule has 15 N–H and O–H groups in total. The Bertz CT molecular complexity index is 3870. The minimum atomic E-state index is -1.79. The molecule has 0 unspecified atom stereocenters. The van der Waals surface area contributed by atoms with Crippen LogP contribution >= 0.6 is 33.3 Å². The van der Waals surface area contributed by atoms with Crippen molar-refractivity contribution >= 4 is 121 Å². The number of fused-ring (bicyclic) bond motifs is 7. The van der Waals surface area contributed by atoms with Crippen LogP contribution in [0.1, 0.15) is 136 Å². The Labute approximate surface area is 658 Å². The van der Waals surface area contributed by atoms with E-state index in [1.807, 2.05) is 0 Å². The molecule has 4 aliphatic heterocycles. The number of carbonyl (C=O) groups excluding carboxylic acids is 10. The van der Waals surface area contributed by atoms with Gasteiger partial charge in [-0.2, -0.15) is 4.58 Å². The average Bonchev–Trinajstić information content (AvgIpc) is 1.60. The lowest BCUT2D eigenvalue weighted by Crippen LogP contribution is -2.60. The highest BCUT2D eigenvalue weighted by atomic mass is 33.1. The molecule has 0 spiro atoms. The molecule has 0 aromatic heterocycles. The molecule has 2 fully saturated rings. The SMILES string of the molecule is CC[N+](CC)(CC)CCC[N+]1=C(/C=C/C=C/C=C2/N(CCCCCC(=O)NCCCC[C@@H]3NC(=O)CSC[C@@H](C(=O)NC)NC(=O)[C@H](Cc4ccccc4)NC(=O)[C@@H]4CSSC[C@H](NC3=O)C(=O)N[C@@H](CCCN=C(N)N)C(=O)NCC(=O)N[C@@H](CC(=O)O)C(=O)N4)c3ccccc3C2(C)C)C(C)(C)c2ccccc21. The second kappa shape index (κ2) is 43.4. The predicted octanol–water partition coefficient (Wildman–Crippen LogP) is 4.14. The van der Waals surface area contributed by atoms with Crippen LogP contribution in [0.15, 0.2) is 120 Å². The zero-order valence-corrected chi connectivity index (χ0v) is 67.2. The molecule has 0 aliphatic carbocycles. The van der Waals surface area contributed by atoms with Gasteiger partial charge in [0.2, 0.25) is 64.8 Å². The lowest BCUT2D eigenvalue weighted by atomic mass is 9.81. The van der Waals surface area contributed by atoms with Crippen LogP contribution < -0.4 is 69.5 Å². The van der Waals surface area contributed by atoms with Crippen molar-refractivity contribution in [2.24, 2.45) is 16.5 Å². The third-order valence-corrected chi connectivity index (χ3v) is 24.2.